The number of esters is 1. The molecule has 5 rings (SSSR count). The van der Waals surface area contributed by atoms with Crippen molar-refractivity contribution in [1.29, 1.82) is 0 Å². The summed E-state index contributed by atoms with van der Waals surface area (Å²) in [6, 6.07) is 14.2. The predicted octanol–water partition coefficient (Wildman–Crippen LogP) is 3.87. The monoisotopic (exact) mass is 458 g/mol. The second-order valence-corrected chi connectivity index (χ2v) is 7.68. The fraction of sp³-hybridized carbons (Fsp3) is 0.200. The molecule has 0 saturated heterocycles. The van der Waals surface area contributed by atoms with Crippen molar-refractivity contribution in [3.05, 3.63) is 77.3 Å². The van der Waals surface area contributed by atoms with Crippen LogP contribution in [0, 0.1) is 0 Å². The van der Waals surface area contributed by atoms with E-state index in [2.05, 4.69) is 10.1 Å². The maximum Gasteiger partial charge on any atom is 0.338 e. The molecule has 2 aromatic heterocycles. The lowest BCUT2D eigenvalue weighted by molar-refractivity contribution is -0.139. The molecule has 172 valence electrons. The van der Waals surface area contributed by atoms with Crippen LogP contribution in [0.4, 0.5) is 0 Å². The van der Waals surface area contributed by atoms with E-state index < -0.39 is 11.9 Å². The molecule has 0 radical (unpaired) electrons. The molecule has 1 N–H and O–H groups in total. The van der Waals surface area contributed by atoms with Crippen molar-refractivity contribution >= 4 is 11.6 Å². The molecule has 1 aliphatic heterocycles. The number of phenols is 1. The van der Waals surface area contributed by atoms with Crippen LogP contribution in [0.2, 0.25) is 0 Å². The van der Waals surface area contributed by atoms with Crippen molar-refractivity contribution in [1.82, 2.24) is 19.6 Å². The molecular weight excluding hydrogens is 436 g/mol. The van der Waals surface area contributed by atoms with Crippen molar-refractivity contribution in [3.8, 4) is 28.8 Å². The molecule has 2 aromatic carbocycles. The Labute approximate surface area is 195 Å². The maximum atomic E-state index is 13.1. The molecule has 1 atom stereocenters. The highest BCUT2D eigenvalue weighted by molar-refractivity contribution is 5.93. The van der Waals surface area contributed by atoms with Crippen LogP contribution in [0.25, 0.3) is 17.0 Å². The number of fused-ring (bicyclic) bond motifs is 3. The number of benzene rings is 2. The Bertz CT molecular complexity index is 1430. The molecule has 9 nitrogen and oxygen atoms in total. The van der Waals surface area contributed by atoms with Gasteiger partial charge in [0.25, 0.3) is 0 Å². The van der Waals surface area contributed by atoms with Gasteiger partial charge in [-0.2, -0.15) is 0 Å². The van der Waals surface area contributed by atoms with Crippen LogP contribution in [0.5, 0.6) is 17.4 Å². The third-order valence-corrected chi connectivity index (χ3v) is 5.68. The van der Waals surface area contributed by atoms with E-state index in [-0.39, 0.29) is 12.4 Å². The predicted molar refractivity (Wildman–Crippen MR) is 123 cm³/mol. The molecule has 1 aliphatic rings. The molecule has 1 unspecified atom stereocenters. The van der Waals surface area contributed by atoms with Crippen molar-refractivity contribution < 1.29 is 24.1 Å². The SMILES string of the molecule is CCOC(=O)C1=C(C)Oc2ncn3nc(-c4ccccc4O)nc3c2C1c1ccc(OC)cc1. The van der Waals surface area contributed by atoms with Crippen molar-refractivity contribution in [2.75, 3.05) is 13.7 Å². The summed E-state index contributed by atoms with van der Waals surface area (Å²) in [5, 5.41) is 14.8. The number of para-hydroxylation sites is 1. The van der Waals surface area contributed by atoms with Crippen LogP contribution in [0.3, 0.4) is 0 Å². The molecule has 4 aromatic rings. The Balaban J connectivity index is 1.75. The first kappa shape index (κ1) is 21.4. The van der Waals surface area contributed by atoms with Gasteiger partial charge in [0.2, 0.25) is 5.88 Å². The zero-order valence-corrected chi connectivity index (χ0v) is 18.8. The summed E-state index contributed by atoms with van der Waals surface area (Å²) in [4.78, 5) is 22.2. The smallest absolute Gasteiger partial charge is 0.338 e. The summed E-state index contributed by atoms with van der Waals surface area (Å²) in [7, 11) is 1.59. The highest BCUT2D eigenvalue weighted by atomic mass is 16.5. The van der Waals surface area contributed by atoms with Gasteiger partial charge >= 0.3 is 5.97 Å². The largest absolute Gasteiger partial charge is 0.507 e. The van der Waals surface area contributed by atoms with Gasteiger partial charge in [-0.25, -0.2) is 19.3 Å². The summed E-state index contributed by atoms with van der Waals surface area (Å²) in [5.41, 5.74) is 2.69. The van der Waals surface area contributed by atoms with Gasteiger partial charge in [-0.05, 0) is 43.7 Å². The Hall–Kier alpha value is -4.40. The minimum Gasteiger partial charge on any atom is -0.507 e. The zero-order valence-electron chi connectivity index (χ0n) is 18.8. The fourth-order valence-electron chi connectivity index (χ4n) is 4.12. The number of allylic oxidation sites excluding steroid dienone is 1. The van der Waals surface area contributed by atoms with Crippen molar-refractivity contribution in [3.63, 3.8) is 0 Å². The first-order chi connectivity index (χ1) is 16.5. The lowest BCUT2D eigenvalue weighted by Crippen LogP contribution is -2.24. The third-order valence-electron chi connectivity index (χ3n) is 5.68. The van der Waals surface area contributed by atoms with Crippen LogP contribution in [-0.4, -0.2) is 44.4 Å². The number of aromatic hydroxyl groups is 1. The second kappa shape index (κ2) is 8.51. The molecule has 0 fully saturated rings. The minimum absolute atomic E-state index is 0.0612. The fourth-order valence-corrected chi connectivity index (χ4v) is 4.12. The van der Waals surface area contributed by atoms with Crippen LogP contribution in [0.15, 0.2) is 66.2 Å². The number of rotatable bonds is 5. The summed E-state index contributed by atoms with van der Waals surface area (Å²) >= 11 is 0. The highest BCUT2D eigenvalue weighted by Crippen LogP contribution is 2.45. The number of methoxy groups -OCH3 is 1. The molecule has 3 heterocycles. The van der Waals surface area contributed by atoms with Gasteiger partial charge in [-0.3, -0.25) is 0 Å². The summed E-state index contributed by atoms with van der Waals surface area (Å²) in [6.45, 7) is 3.70. The average molecular weight is 458 g/mol. The maximum absolute atomic E-state index is 13.1. The minimum atomic E-state index is -0.564. The van der Waals surface area contributed by atoms with Gasteiger partial charge in [0.05, 0.1) is 36.3 Å². The lowest BCUT2D eigenvalue weighted by atomic mass is 9.83. The Kier molecular flexibility index (Phi) is 5.37. The van der Waals surface area contributed by atoms with E-state index in [0.29, 0.717) is 45.6 Å². The molecule has 9 heteroatoms. The number of nitrogens with zero attached hydrogens (tertiary/aromatic N) is 4. The number of hydrogen-bond donors (Lipinski definition) is 1. The van der Waals surface area contributed by atoms with E-state index in [1.807, 2.05) is 24.3 Å². The molecular formula is C25H22N4O5. The Morgan fingerprint density at radius 2 is 1.94 bits per heavy atom. The topological polar surface area (TPSA) is 108 Å². The van der Waals surface area contributed by atoms with Gasteiger partial charge in [-0.15, -0.1) is 5.10 Å². The van der Waals surface area contributed by atoms with Gasteiger partial charge in [0.1, 0.15) is 23.6 Å². The molecule has 0 amide bonds. The molecule has 0 saturated carbocycles. The Morgan fingerprint density at radius 1 is 1.18 bits per heavy atom. The number of phenolic OH excluding ortho intramolecular Hbond substituents is 1. The number of carbonyl (C=O) groups is 1. The quantitative estimate of drug-likeness (QED) is 0.449. The van der Waals surface area contributed by atoms with E-state index in [1.165, 1.54) is 10.8 Å². The summed E-state index contributed by atoms with van der Waals surface area (Å²) in [6.07, 6.45) is 1.50. The van der Waals surface area contributed by atoms with Gasteiger partial charge in [-0.1, -0.05) is 24.3 Å². The summed E-state index contributed by atoms with van der Waals surface area (Å²) in [5.74, 6) is 0.770. The van der Waals surface area contributed by atoms with Crippen LogP contribution in [0.1, 0.15) is 30.9 Å². The van der Waals surface area contributed by atoms with Gasteiger partial charge in [0.15, 0.2) is 11.5 Å². The van der Waals surface area contributed by atoms with E-state index in [4.69, 9.17) is 19.2 Å². The van der Waals surface area contributed by atoms with Crippen molar-refractivity contribution in [2.45, 2.75) is 19.8 Å². The van der Waals surface area contributed by atoms with E-state index >= 15 is 0 Å². The molecule has 34 heavy (non-hydrogen) atoms. The molecule has 0 spiro atoms. The lowest BCUT2D eigenvalue weighted by Gasteiger charge is -2.28. The third kappa shape index (κ3) is 3.51. The number of aromatic nitrogens is 4. The van der Waals surface area contributed by atoms with Gasteiger partial charge < -0.3 is 19.3 Å². The Morgan fingerprint density at radius 3 is 2.65 bits per heavy atom. The molecule has 0 bridgehead atoms. The van der Waals surface area contributed by atoms with E-state index in [0.717, 1.165) is 5.56 Å². The van der Waals surface area contributed by atoms with Crippen molar-refractivity contribution in [2.24, 2.45) is 0 Å². The first-order valence-electron chi connectivity index (χ1n) is 10.7. The normalized spacial score (nSPS) is 15.1. The average Bonchev–Trinajstić information content (AvgIpc) is 3.28. The standard InChI is InChI=1S/C25H22N4O5/c1-4-33-25(31)19-14(2)34-24-21(20(19)15-9-11-16(32-3)12-10-15)23-27-22(28-29(23)13-26-24)17-7-5-6-8-18(17)30/h5-13,20,30H,4H2,1-3H3. The van der Waals surface area contributed by atoms with E-state index in [9.17, 15) is 9.90 Å². The molecule has 0 aliphatic carbocycles. The highest BCUT2D eigenvalue weighted by Gasteiger charge is 2.38. The van der Waals surface area contributed by atoms with Crippen LogP contribution >= 0.6 is 0 Å². The number of carbonyl (C=O) groups excluding carboxylic acids is 1. The van der Waals surface area contributed by atoms with E-state index in [1.54, 1.807) is 45.2 Å². The zero-order chi connectivity index (χ0) is 23.8. The number of ether oxygens (including phenoxy) is 3. The summed E-state index contributed by atoms with van der Waals surface area (Å²) < 4.78 is 18.2. The van der Waals surface area contributed by atoms with Gasteiger partial charge in [0, 0.05) is 0 Å². The number of hydrogen-bond acceptors (Lipinski definition) is 8. The van der Waals surface area contributed by atoms with Crippen LogP contribution in [-0.2, 0) is 9.53 Å². The van der Waals surface area contributed by atoms with Crippen LogP contribution < -0.4 is 9.47 Å². The second-order valence-electron chi connectivity index (χ2n) is 7.68. The first-order valence-corrected chi connectivity index (χ1v) is 10.7.